The number of nitrogens with one attached hydrogen (secondary N) is 1. The average molecular weight is 174 g/mol. The number of Topliss-reactive ketones (excluding diaryl/α,β-unsaturated/α-hetero) is 1. The Morgan fingerprint density at radius 3 is 2.42 bits per heavy atom. The van der Waals surface area contributed by atoms with Gasteiger partial charge in [-0.1, -0.05) is 0 Å². The van der Waals surface area contributed by atoms with Crippen LogP contribution in [0.5, 0.6) is 0 Å². The fourth-order valence-electron chi connectivity index (χ4n) is 0.437. The molecule has 0 aromatic heterocycles. The molecule has 0 saturated heterocycles. The molecule has 0 bridgehead atoms. The predicted molar refractivity (Wildman–Crippen MR) is 39.1 cm³/mol. The van der Waals surface area contributed by atoms with E-state index in [9.17, 15) is 14.4 Å². The molecule has 6 heteroatoms. The maximum Gasteiger partial charge on any atom is 0.376 e. The van der Waals surface area contributed by atoms with Crippen molar-refractivity contribution in [3.8, 4) is 0 Å². The molecular weight excluding hydrogens is 164 g/mol. The summed E-state index contributed by atoms with van der Waals surface area (Å²) in [6.45, 7) is -0.586. The van der Waals surface area contributed by atoms with E-state index in [1.807, 2.05) is 0 Å². The summed E-state index contributed by atoms with van der Waals surface area (Å²) >= 11 is 0. The number of rotatable bonds is 4. The number of amides is 1. The van der Waals surface area contributed by atoms with Crippen LogP contribution in [0.4, 0.5) is 0 Å². The second-order valence-corrected chi connectivity index (χ2v) is 1.90. The minimum Gasteiger partial charge on any atom is -0.463 e. The van der Waals surface area contributed by atoms with Crippen molar-refractivity contribution in [3.05, 3.63) is 0 Å². The highest BCUT2D eigenvalue weighted by Crippen LogP contribution is 1.75. The zero-order chi connectivity index (χ0) is 9.56. The number of esters is 1. The monoisotopic (exact) mass is 174 g/mol. The second kappa shape index (κ2) is 5.25. The number of ether oxygens (including phenoxy) is 1. The van der Waals surface area contributed by atoms with Gasteiger partial charge in [-0.05, 0) is 0 Å². The minimum absolute atomic E-state index is 0.214. The van der Waals surface area contributed by atoms with Gasteiger partial charge in [0.25, 0.3) is 5.78 Å². The standard InChI is InChI=1S/C6H10N2O4/c1-12-6(11)4(9)3-8-5(10)2-7/h2-3,7H2,1H3,(H,8,10). The van der Waals surface area contributed by atoms with Gasteiger partial charge in [-0.15, -0.1) is 0 Å². The fourth-order valence-corrected chi connectivity index (χ4v) is 0.437. The predicted octanol–water partition coefficient (Wildman–Crippen LogP) is -2.20. The van der Waals surface area contributed by atoms with Crippen LogP contribution in [0.2, 0.25) is 0 Å². The van der Waals surface area contributed by atoms with E-state index in [0.29, 0.717) is 0 Å². The largest absolute Gasteiger partial charge is 0.463 e. The van der Waals surface area contributed by atoms with Crippen LogP contribution in [0.25, 0.3) is 0 Å². The first-order valence-electron chi connectivity index (χ1n) is 3.19. The molecule has 0 aliphatic carbocycles. The molecule has 0 atom stereocenters. The van der Waals surface area contributed by atoms with Crippen LogP contribution >= 0.6 is 0 Å². The summed E-state index contributed by atoms with van der Waals surface area (Å²) in [4.78, 5) is 31.6. The van der Waals surface area contributed by atoms with Crippen LogP contribution in [-0.2, 0) is 19.1 Å². The summed E-state index contributed by atoms with van der Waals surface area (Å²) in [6, 6.07) is 0. The lowest BCUT2D eigenvalue weighted by Crippen LogP contribution is -2.37. The molecule has 0 aliphatic rings. The van der Waals surface area contributed by atoms with E-state index in [0.717, 1.165) is 7.11 Å². The molecule has 0 unspecified atom stereocenters. The van der Waals surface area contributed by atoms with Crippen LogP contribution < -0.4 is 11.1 Å². The SMILES string of the molecule is COC(=O)C(=O)CNC(=O)CN. The number of hydrogen-bond acceptors (Lipinski definition) is 5. The topological polar surface area (TPSA) is 98.5 Å². The normalized spacial score (nSPS) is 8.83. The Balaban J connectivity index is 3.72. The van der Waals surface area contributed by atoms with Crippen molar-refractivity contribution in [1.82, 2.24) is 5.32 Å². The van der Waals surface area contributed by atoms with Crippen molar-refractivity contribution >= 4 is 17.7 Å². The van der Waals surface area contributed by atoms with E-state index < -0.39 is 17.7 Å². The lowest BCUT2D eigenvalue weighted by molar-refractivity contribution is -0.151. The van der Waals surface area contributed by atoms with Crippen molar-refractivity contribution in [2.24, 2.45) is 5.73 Å². The maximum atomic E-state index is 10.7. The van der Waals surface area contributed by atoms with E-state index in [-0.39, 0.29) is 13.1 Å². The van der Waals surface area contributed by atoms with Crippen LogP contribution in [0.3, 0.4) is 0 Å². The van der Waals surface area contributed by atoms with Gasteiger partial charge in [0, 0.05) is 0 Å². The molecule has 12 heavy (non-hydrogen) atoms. The summed E-state index contributed by atoms with van der Waals surface area (Å²) in [5.41, 5.74) is 4.93. The number of carbonyl (C=O) groups excluding carboxylic acids is 3. The van der Waals surface area contributed by atoms with Crippen molar-refractivity contribution in [3.63, 3.8) is 0 Å². The summed E-state index contributed by atoms with van der Waals surface area (Å²) in [7, 11) is 1.09. The number of hydrogen-bond donors (Lipinski definition) is 2. The Morgan fingerprint density at radius 1 is 1.42 bits per heavy atom. The molecule has 1 amide bonds. The van der Waals surface area contributed by atoms with E-state index in [4.69, 9.17) is 5.73 Å². The summed E-state index contributed by atoms with van der Waals surface area (Å²) in [5.74, 6) is -2.28. The first-order chi connectivity index (χ1) is 5.61. The third kappa shape index (κ3) is 3.67. The zero-order valence-electron chi connectivity index (χ0n) is 6.62. The molecule has 0 radical (unpaired) electrons. The Bertz CT molecular complexity index is 202. The third-order valence-electron chi connectivity index (χ3n) is 1.04. The lowest BCUT2D eigenvalue weighted by atomic mass is 10.4. The smallest absolute Gasteiger partial charge is 0.376 e. The molecule has 0 heterocycles. The molecule has 0 aliphatic heterocycles. The molecular formula is C6H10N2O4. The zero-order valence-corrected chi connectivity index (χ0v) is 6.62. The van der Waals surface area contributed by atoms with E-state index in [1.165, 1.54) is 0 Å². The van der Waals surface area contributed by atoms with Gasteiger partial charge in [-0.2, -0.15) is 0 Å². The molecule has 0 spiro atoms. The summed E-state index contributed by atoms with van der Waals surface area (Å²) in [6.07, 6.45) is 0. The lowest BCUT2D eigenvalue weighted by Gasteiger charge is -2.00. The minimum atomic E-state index is -0.979. The molecule has 6 nitrogen and oxygen atoms in total. The van der Waals surface area contributed by atoms with Crippen molar-refractivity contribution in [2.45, 2.75) is 0 Å². The molecule has 0 rings (SSSR count). The van der Waals surface area contributed by atoms with Gasteiger partial charge in [0.1, 0.15) is 0 Å². The molecule has 3 N–H and O–H groups in total. The Labute approximate surface area is 69.1 Å². The van der Waals surface area contributed by atoms with Crippen LogP contribution in [-0.4, -0.2) is 37.9 Å². The van der Waals surface area contributed by atoms with Crippen LogP contribution in [0.1, 0.15) is 0 Å². The Morgan fingerprint density at radius 2 is 2.00 bits per heavy atom. The van der Waals surface area contributed by atoms with Gasteiger partial charge < -0.3 is 15.8 Å². The fraction of sp³-hybridized carbons (Fsp3) is 0.500. The van der Waals surface area contributed by atoms with E-state index in [2.05, 4.69) is 10.1 Å². The molecule has 0 fully saturated rings. The van der Waals surface area contributed by atoms with Gasteiger partial charge in [0.15, 0.2) is 0 Å². The summed E-state index contributed by atoms with van der Waals surface area (Å²) in [5, 5.41) is 2.13. The highest BCUT2D eigenvalue weighted by Gasteiger charge is 2.13. The molecule has 0 saturated carbocycles. The van der Waals surface area contributed by atoms with Crippen molar-refractivity contribution in [2.75, 3.05) is 20.2 Å². The summed E-state index contributed by atoms with van der Waals surface area (Å²) < 4.78 is 4.11. The van der Waals surface area contributed by atoms with Gasteiger partial charge in [0.2, 0.25) is 5.91 Å². The quantitative estimate of drug-likeness (QED) is 0.372. The first-order valence-corrected chi connectivity index (χ1v) is 3.19. The third-order valence-corrected chi connectivity index (χ3v) is 1.04. The van der Waals surface area contributed by atoms with Crippen LogP contribution in [0, 0.1) is 0 Å². The molecule has 0 aromatic carbocycles. The van der Waals surface area contributed by atoms with E-state index >= 15 is 0 Å². The number of ketones is 1. The number of methoxy groups -OCH3 is 1. The number of carbonyl (C=O) groups is 3. The Hall–Kier alpha value is -1.43. The van der Waals surface area contributed by atoms with Crippen LogP contribution in [0.15, 0.2) is 0 Å². The van der Waals surface area contributed by atoms with Gasteiger partial charge in [-0.3, -0.25) is 9.59 Å². The molecule has 68 valence electrons. The van der Waals surface area contributed by atoms with Crippen molar-refractivity contribution in [1.29, 1.82) is 0 Å². The van der Waals surface area contributed by atoms with Gasteiger partial charge in [-0.25, -0.2) is 4.79 Å². The Kier molecular flexibility index (Phi) is 4.62. The van der Waals surface area contributed by atoms with Gasteiger partial charge >= 0.3 is 5.97 Å². The maximum absolute atomic E-state index is 10.7. The first kappa shape index (κ1) is 10.6. The van der Waals surface area contributed by atoms with Gasteiger partial charge in [0.05, 0.1) is 20.2 Å². The number of nitrogens with two attached hydrogens (primary N) is 1. The van der Waals surface area contributed by atoms with Crippen molar-refractivity contribution < 1.29 is 19.1 Å². The molecule has 0 aromatic rings. The highest BCUT2D eigenvalue weighted by molar-refractivity contribution is 6.34. The highest BCUT2D eigenvalue weighted by atomic mass is 16.5. The second-order valence-electron chi connectivity index (χ2n) is 1.90. The van der Waals surface area contributed by atoms with E-state index in [1.54, 1.807) is 0 Å². The average Bonchev–Trinajstić information content (AvgIpc) is 2.11.